The number of aryl methyl sites for hydroxylation is 1. The van der Waals surface area contributed by atoms with Gasteiger partial charge in [0.2, 0.25) is 5.01 Å². The summed E-state index contributed by atoms with van der Waals surface area (Å²) in [5, 5.41) is 12.0. The fraction of sp³-hybridized carbons (Fsp3) is 0.143. The Kier molecular flexibility index (Phi) is 2.83. The lowest BCUT2D eigenvalue weighted by Crippen LogP contribution is -2.00. The minimum absolute atomic E-state index is 0.141. The highest BCUT2D eigenvalue weighted by molar-refractivity contribution is 7.11. The number of carbonyl (C=O) groups is 1. The number of rotatable bonds is 3. The third kappa shape index (κ3) is 2.24. The molecule has 0 saturated carbocycles. The number of hydrogen-bond acceptors (Lipinski definition) is 3. The van der Waals surface area contributed by atoms with E-state index >= 15 is 0 Å². The molecule has 0 bridgehead atoms. The van der Waals surface area contributed by atoms with Crippen molar-refractivity contribution < 1.29 is 9.90 Å². The summed E-state index contributed by atoms with van der Waals surface area (Å²) in [6.45, 7) is 2.65. The number of carboxylic acids is 1. The molecule has 1 aromatic carbocycles. The summed E-state index contributed by atoms with van der Waals surface area (Å²) in [7, 11) is 0. The van der Waals surface area contributed by atoms with Crippen LogP contribution >= 0.6 is 11.3 Å². The first-order valence-electron chi connectivity index (χ1n) is 5.87. The van der Waals surface area contributed by atoms with Crippen LogP contribution in [0.3, 0.4) is 0 Å². The summed E-state index contributed by atoms with van der Waals surface area (Å²) in [6, 6.07) is 8.35. The van der Waals surface area contributed by atoms with Crippen LogP contribution in [0.15, 0.2) is 35.8 Å². The maximum atomic E-state index is 10.8. The Balaban J connectivity index is 1.96. The summed E-state index contributed by atoms with van der Waals surface area (Å²) in [5.41, 5.74) is 3.13. The molecule has 3 rings (SSSR count). The molecule has 0 atom stereocenters. The molecule has 3 aromatic rings. The average molecular weight is 272 g/mol. The first-order valence-corrected chi connectivity index (χ1v) is 6.74. The highest BCUT2D eigenvalue weighted by atomic mass is 32.1. The molecule has 19 heavy (non-hydrogen) atoms. The Morgan fingerprint density at radius 2 is 2.26 bits per heavy atom. The van der Waals surface area contributed by atoms with Crippen molar-refractivity contribution in [3.05, 3.63) is 52.1 Å². The van der Waals surface area contributed by atoms with Gasteiger partial charge in [-0.15, -0.1) is 11.3 Å². The van der Waals surface area contributed by atoms with Crippen molar-refractivity contribution >= 4 is 28.2 Å². The van der Waals surface area contributed by atoms with Crippen molar-refractivity contribution in [1.82, 2.24) is 9.55 Å². The maximum absolute atomic E-state index is 10.8. The zero-order valence-corrected chi connectivity index (χ0v) is 11.1. The van der Waals surface area contributed by atoms with Gasteiger partial charge in [-0.05, 0) is 30.0 Å². The Hall–Kier alpha value is -2.14. The summed E-state index contributed by atoms with van der Waals surface area (Å²) in [5.74, 6) is -0.968. The van der Waals surface area contributed by atoms with E-state index in [9.17, 15) is 4.79 Å². The van der Waals surface area contributed by atoms with Crippen molar-refractivity contribution in [3.8, 4) is 0 Å². The minimum atomic E-state index is -0.968. The smallest absolute Gasteiger partial charge is 0.365 e. The van der Waals surface area contributed by atoms with Gasteiger partial charge in [-0.1, -0.05) is 12.1 Å². The van der Waals surface area contributed by atoms with E-state index in [1.807, 2.05) is 6.20 Å². The zero-order valence-electron chi connectivity index (χ0n) is 10.3. The normalized spacial score (nSPS) is 11.0. The van der Waals surface area contributed by atoms with Gasteiger partial charge in [-0.25, -0.2) is 9.78 Å². The number of aromatic nitrogens is 2. The van der Waals surface area contributed by atoms with Crippen molar-refractivity contribution in [2.24, 2.45) is 0 Å². The Morgan fingerprint density at radius 3 is 3.00 bits per heavy atom. The molecule has 4 nitrogen and oxygen atoms in total. The standard InChI is InChI=1S/C14H12N2O2S/c1-9-2-3-10-4-5-16(12(10)6-9)7-11-8-19-13(15-11)14(17)18/h2-6,8H,7H2,1H3,(H,17,18). The quantitative estimate of drug-likeness (QED) is 0.796. The highest BCUT2D eigenvalue weighted by Crippen LogP contribution is 2.19. The summed E-state index contributed by atoms with van der Waals surface area (Å²) < 4.78 is 2.09. The Bertz CT molecular complexity index is 758. The number of aromatic carboxylic acids is 1. The van der Waals surface area contributed by atoms with Crippen LogP contribution in [0.5, 0.6) is 0 Å². The van der Waals surface area contributed by atoms with Crippen LogP contribution in [0, 0.1) is 6.92 Å². The molecule has 0 spiro atoms. The van der Waals surface area contributed by atoms with Gasteiger partial charge in [0.25, 0.3) is 0 Å². The molecule has 5 heteroatoms. The van der Waals surface area contributed by atoms with Crippen LogP contribution in [0.2, 0.25) is 0 Å². The van der Waals surface area contributed by atoms with E-state index in [-0.39, 0.29) is 5.01 Å². The molecule has 0 unspecified atom stereocenters. The van der Waals surface area contributed by atoms with Gasteiger partial charge >= 0.3 is 5.97 Å². The molecular weight excluding hydrogens is 260 g/mol. The van der Waals surface area contributed by atoms with Crippen molar-refractivity contribution in [2.45, 2.75) is 13.5 Å². The van der Waals surface area contributed by atoms with Crippen LogP contribution in [0.4, 0.5) is 0 Å². The van der Waals surface area contributed by atoms with Crippen LogP contribution in [0.1, 0.15) is 21.1 Å². The van der Waals surface area contributed by atoms with E-state index in [0.717, 1.165) is 22.5 Å². The molecular formula is C14H12N2O2S. The van der Waals surface area contributed by atoms with Crippen LogP contribution in [-0.4, -0.2) is 20.6 Å². The Labute approximate surface area is 113 Å². The van der Waals surface area contributed by atoms with E-state index in [4.69, 9.17) is 5.11 Å². The third-order valence-electron chi connectivity index (χ3n) is 3.00. The summed E-state index contributed by atoms with van der Waals surface area (Å²) in [6.07, 6.45) is 2.00. The molecule has 0 fully saturated rings. The number of nitrogens with zero attached hydrogens (tertiary/aromatic N) is 2. The second-order valence-corrected chi connectivity index (χ2v) is 5.31. The van der Waals surface area contributed by atoms with Gasteiger partial charge in [0.05, 0.1) is 12.2 Å². The summed E-state index contributed by atoms with van der Waals surface area (Å²) in [4.78, 5) is 14.9. The number of thiazole rings is 1. The largest absolute Gasteiger partial charge is 0.476 e. The van der Waals surface area contributed by atoms with Crippen LogP contribution in [-0.2, 0) is 6.54 Å². The lowest BCUT2D eigenvalue weighted by Gasteiger charge is -2.03. The van der Waals surface area contributed by atoms with Crippen LogP contribution < -0.4 is 0 Å². The van der Waals surface area contributed by atoms with Gasteiger partial charge in [-0.2, -0.15) is 0 Å². The molecule has 1 N–H and O–H groups in total. The molecule has 0 aliphatic heterocycles. The van der Waals surface area contributed by atoms with Gasteiger partial charge in [0, 0.05) is 17.1 Å². The lowest BCUT2D eigenvalue weighted by molar-refractivity contribution is 0.0696. The predicted octanol–water partition coefficient (Wildman–Crippen LogP) is 3.15. The molecule has 0 aliphatic rings. The van der Waals surface area contributed by atoms with Crippen molar-refractivity contribution in [2.75, 3.05) is 0 Å². The van der Waals surface area contributed by atoms with Gasteiger partial charge in [-0.3, -0.25) is 0 Å². The SMILES string of the molecule is Cc1ccc2ccn(Cc3csc(C(=O)O)n3)c2c1. The van der Waals surface area contributed by atoms with Gasteiger partial charge in [0.1, 0.15) is 0 Å². The lowest BCUT2D eigenvalue weighted by atomic mass is 10.2. The molecule has 0 saturated heterocycles. The molecule has 0 amide bonds. The van der Waals surface area contributed by atoms with E-state index in [2.05, 4.69) is 40.7 Å². The highest BCUT2D eigenvalue weighted by Gasteiger charge is 2.10. The summed E-state index contributed by atoms with van der Waals surface area (Å²) >= 11 is 1.16. The second-order valence-electron chi connectivity index (χ2n) is 4.46. The van der Waals surface area contributed by atoms with E-state index in [1.165, 1.54) is 10.9 Å². The van der Waals surface area contributed by atoms with Crippen molar-refractivity contribution in [1.29, 1.82) is 0 Å². The first kappa shape index (κ1) is 11.9. The predicted molar refractivity (Wildman–Crippen MR) is 74.9 cm³/mol. The van der Waals surface area contributed by atoms with E-state index < -0.39 is 5.97 Å². The zero-order chi connectivity index (χ0) is 13.4. The van der Waals surface area contributed by atoms with Gasteiger partial charge < -0.3 is 9.67 Å². The van der Waals surface area contributed by atoms with E-state index in [1.54, 1.807) is 5.38 Å². The number of benzene rings is 1. The first-order chi connectivity index (χ1) is 9.13. The minimum Gasteiger partial charge on any atom is -0.476 e. The molecule has 0 aliphatic carbocycles. The van der Waals surface area contributed by atoms with E-state index in [0.29, 0.717) is 6.54 Å². The second kappa shape index (κ2) is 4.51. The number of fused-ring (bicyclic) bond motifs is 1. The third-order valence-corrected chi connectivity index (χ3v) is 3.88. The molecule has 0 radical (unpaired) electrons. The fourth-order valence-electron chi connectivity index (χ4n) is 2.08. The maximum Gasteiger partial charge on any atom is 0.365 e. The molecule has 2 heterocycles. The number of hydrogen-bond donors (Lipinski definition) is 1. The molecule has 2 aromatic heterocycles. The van der Waals surface area contributed by atoms with Crippen LogP contribution in [0.25, 0.3) is 10.9 Å². The monoisotopic (exact) mass is 272 g/mol. The fourth-order valence-corrected chi connectivity index (χ4v) is 2.73. The van der Waals surface area contributed by atoms with Crippen molar-refractivity contribution in [3.63, 3.8) is 0 Å². The van der Waals surface area contributed by atoms with Gasteiger partial charge in [0.15, 0.2) is 0 Å². The molecule has 96 valence electrons. The number of carboxylic acid groups (broad SMARTS) is 1. The Morgan fingerprint density at radius 1 is 1.42 bits per heavy atom. The topological polar surface area (TPSA) is 55.1 Å². The average Bonchev–Trinajstić information content (AvgIpc) is 2.98.